The summed E-state index contributed by atoms with van der Waals surface area (Å²) in [5.41, 5.74) is 0.00985. The van der Waals surface area contributed by atoms with Crippen LogP contribution in [0.1, 0.15) is 0 Å². The van der Waals surface area contributed by atoms with Crippen LogP contribution in [0.5, 0.6) is 0 Å². The van der Waals surface area contributed by atoms with Gasteiger partial charge in [0.05, 0.1) is 22.7 Å². The number of anilines is 1. The van der Waals surface area contributed by atoms with Crippen molar-refractivity contribution in [3.63, 3.8) is 0 Å². The van der Waals surface area contributed by atoms with Crippen LogP contribution in [0.15, 0.2) is 24.5 Å². The molecule has 1 unspecified atom stereocenters. The van der Waals surface area contributed by atoms with Gasteiger partial charge in [-0.3, -0.25) is 15.1 Å². The Balaban J connectivity index is 2.55. The maximum atomic E-state index is 11.1. The zero-order valence-corrected chi connectivity index (χ0v) is 11.0. The molecular formula is C12H12ClN3O4. The van der Waals surface area contributed by atoms with E-state index in [0.717, 1.165) is 0 Å². The third-order valence-corrected chi connectivity index (χ3v) is 3.10. The molecule has 0 radical (unpaired) electrons. The molecule has 0 aliphatic carbocycles. The van der Waals surface area contributed by atoms with E-state index in [1.165, 1.54) is 18.5 Å². The fraction of sp³-hybridized carbons (Fsp3) is 0.250. The first kappa shape index (κ1) is 14.4. The SMILES string of the molecule is O=[N+]([O-])c1cc(Cl)c2ccncc2c1NCC(O)CO. The molecule has 0 aliphatic heterocycles. The van der Waals surface area contributed by atoms with Crippen molar-refractivity contribution >= 4 is 33.7 Å². The number of hydrogen-bond acceptors (Lipinski definition) is 6. The minimum absolute atomic E-state index is 0.0248. The summed E-state index contributed by atoms with van der Waals surface area (Å²) >= 11 is 6.02. The summed E-state index contributed by atoms with van der Waals surface area (Å²) in [7, 11) is 0. The first-order valence-electron chi connectivity index (χ1n) is 5.78. The van der Waals surface area contributed by atoms with E-state index in [9.17, 15) is 15.2 Å². The molecule has 1 aromatic heterocycles. The highest BCUT2D eigenvalue weighted by Crippen LogP contribution is 2.37. The molecular weight excluding hydrogens is 286 g/mol. The van der Waals surface area contributed by atoms with Crippen molar-refractivity contribution < 1.29 is 15.1 Å². The fourth-order valence-corrected chi connectivity index (χ4v) is 2.09. The van der Waals surface area contributed by atoms with E-state index in [4.69, 9.17) is 16.7 Å². The molecule has 0 spiro atoms. The summed E-state index contributed by atoms with van der Waals surface area (Å²) < 4.78 is 0. The van der Waals surface area contributed by atoms with Crippen molar-refractivity contribution in [3.8, 4) is 0 Å². The summed E-state index contributed by atoms with van der Waals surface area (Å²) in [5, 5.41) is 33.4. The molecule has 1 heterocycles. The van der Waals surface area contributed by atoms with Gasteiger partial charge in [0.15, 0.2) is 0 Å². The van der Waals surface area contributed by atoms with Crippen molar-refractivity contribution in [2.24, 2.45) is 0 Å². The van der Waals surface area contributed by atoms with E-state index in [1.807, 2.05) is 0 Å². The number of halogens is 1. The lowest BCUT2D eigenvalue weighted by Gasteiger charge is -2.13. The molecule has 2 aromatic rings. The van der Waals surface area contributed by atoms with Crippen LogP contribution in [0.25, 0.3) is 10.8 Å². The number of nitro benzene ring substituents is 1. The first-order valence-corrected chi connectivity index (χ1v) is 6.15. The van der Waals surface area contributed by atoms with Crippen molar-refractivity contribution in [2.45, 2.75) is 6.10 Å². The highest BCUT2D eigenvalue weighted by atomic mass is 35.5. The van der Waals surface area contributed by atoms with E-state index in [2.05, 4.69) is 10.3 Å². The lowest BCUT2D eigenvalue weighted by Crippen LogP contribution is -2.23. The highest BCUT2D eigenvalue weighted by molar-refractivity contribution is 6.36. The first-order chi connectivity index (χ1) is 9.54. The zero-order chi connectivity index (χ0) is 14.7. The number of hydrogen-bond donors (Lipinski definition) is 3. The van der Waals surface area contributed by atoms with E-state index in [0.29, 0.717) is 10.8 Å². The molecule has 0 saturated carbocycles. The molecule has 3 N–H and O–H groups in total. The number of aromatic nitrogens is 1. The molecule has 20 heavy (non-hydrogen) atoms. The Kier molecular flexibility index (Phi) is 4.33. The Morgan fingerprint density at radius 3 is 2.90 bits per heavy atom. The number of nitro groups is 1. The van der Waals surface area contributed by atoms with Crippen molar-refractivity contribution in [1.29, 1.82) is 0 Å². The zero-order valence-electron chi connectivity index (χ0n) is 10.3. The number of pyridine rings is 1. The standard InChI is InChI=1S/C12H12ClN3O4/c13-10-3-11(16(19)20)12(15-4-7(18)6-17)9-5-14-2-1-8(9)10/h1-3,5,7,15,17-18H,4,6H2. The summed E-state index contributed by atoms with van der Waals surface area (Å²) in [6, 6.07) is 2.90. The van der Waals surface area contributed by atoms with Gasteiger partial charge < -0.3 is 15.5 Å². The average molecular weight is 298 g/mol. The van der Waals surface area contributed by atoms with Crippen LogP contribution >= 0.6 is 11.6 Å². The van der Waals surface area contributed by atoms with Crippen LogP contribution in [0, 0.1) is 10.1 Å². The Hall–Kier alpha value is -1.96. The van der Waals surface area contributed by atoms with Gasteiger partial charge in [0.2, 0.25) is 0 Å². The monoisotopic (exact) mass is 297 g/mol. The normalized spacial score (nSPS) is 12.3. The van der Waals surface area contributed by atoms with Crippen LogP contribution in [-0.2, 0) is 0 Å². The summed E-state index contributed by atoms with van der Waals surface area (Å²) in [6.45, 7) is -0.465. The average Bonchev–Trinajstić information content (AvgIpc) is 2.45. The molecule has 0 amide bonds. The Bertz CT molecular complexity index is 650. The van der Waals surface area contributed by atoms with Gasteiger partial charge in [-0.1, -0.05) is 11.6 Å². The number of aliphatic hydroxyl groups is 2. The fourth-order valence-electron chi connectivity index (χ4n) is 1.82. The van der Waals surface area contributed by atoms with Gasteiger partial charge in [0.1, 0.15) is 5.69 Å². The third kappa shape index (κ3) is 2.79. The van der Waals surface area contributed by atoms with Gasteiger partial charge in [-0.25, -0.2) is 0 Å². The van der Waals surface area contributed by atoms with Crippen molar-refractivity contribution in [2.75, 3.05) is 18.5 Å². The Morgan fingerprint density at radius 2 is 2.25 bits per heavy atom. The molecule has 0 bridgehead atoms. The van der Waals surface area contributed by atoms with Gasteiger partial charge in [-0.2, -0.15) is 0 Å². The maximum Gasteiger partial charge on any atom is 0.294 e. The van der Waals surface area contributed by atoms with Gasteiger partial charge in [-0.15, -0.1) is 0 Å². The lowest BCUT2D eigenvalue weighted by atomic mass is 10.1. The van der Waals surface area contributed by atoms with Crippen LogP contribution in [-0.4, -0.2) is 39.4 Å². The summed E-state index contributed by atoms with van der Waals surface area (Å²) in [4.78, 5) is 14.5. The Morgan fingerprint density at radius 1 is 1.50 bits per heavy atom. The minimum atomic E-state index is -1.02. The Labute approximate surface area is 119 Å². The van der Waals surface area contributed by atoms with Crippen LogP contribution in [0.3, 0.4) is 0 Å². The quantitative estimate of drug-likeness (QED) is 0.571. The number of rotatable bonds is 5. The van der Waals surface area contributed by atoms with Gasteiger partial charge in [0, 0.05) is 35.8 Å². The summed E-state index contributed by atoms with van der Waals surface area (Å²) in [5.74, 6) is 0. The second-order valence-corrected chi connectivity index (χ2v) is 4.56. The molecule has 2 rings (SSSR count). The smallest absolute Gasteiger partial charge is 0.294 e. The second-order valence-electron chi connectivity index (χ2n) is 4.15. The predicted octanol–water partition coefficient (Wildman–Crippen LogP) is 1.56. The number of benzene rings is 1. The van der Waals surface area contributed by atoms with E-state index in [1.54, 1.807) is 6.07 Å². The van der Waals surface area contributed by atoms with Gasteiger partial charge >= 0.3 is 0 Å². The highest BCUT2D eigenvalue weighted by Gasteiger charge is 2.20. The third-order valence-electron chi connectivity index (χ3n) is 2.79. The van der Waals surface area contributed by atoms with E-state index < -0.39 is 17.6 Å². The molecule has 8 heteroatoms. The molecule has 0 aliphatic rings. The van der Waals surface area contributed by atoms with Gasteiger partial charge in [-0.05, 0) is 6.07 Å². The van der Waals surface area contributed by atoms with Crippen LogP contribution in [0.2, 0.25) is 5.02 Å². The topological polar surface area (TPSA) is 109 Å². The number of nitrogens with zero attached hydrogens (tertiary/aromatic N) is 2. The number of fused-ring (bicyclic) bond motifs is 1. The van der Waals surface area contributed by atoms with E-state index >= 15 is 0 Å². The van der Waals surface area contributed by atoms with Crippen molar-refractivity contribution in [3.05, 3.63) is 39.7 Å². The lowest BCUT2D eigenvalue weighted by molar-refractivity contribution is -0.383. The second kappa shape index (κ2) is 6.00. The predicted molar refractivity (Wildman–Crippen MR) is 75.0 cm³/mol. The van der Waals surface area contributed by atoms with Gasteiger partial charge in [0.25, 0.3) is 5.69 Å². The molecule has 7 nitrogen and oxygen atoms in total. The van der Waals surface area contributed by atoms with E-state index in [-0.39, 0.29) is 22.9 Å². The summed E-state index contributed by atoms with van der Waals surface area (Å²) in [6.07, 6.45) is 1.98. The largest absolute Gasteiger partial charge is 0.394 e. The van der Waals surface area contributed by atoms with Crippen LogP contribution in [0.4, 0.5) is 11.4 Å². The van der Waals surface area contributed by atoms with Crippen molar-refractivity contribution in [1.82, 2.24) is 4.98 Å². The molecule has 1 atom stereocenters. The molecule has 0 saturated heterocycles. The molecule has 0 fully saturated rings. The molecule has 1 aromatic carbocycles. The maximum absolute atomic E-state index is 11.1. The number of aliphatic hydroxyl groups excluding tert-OH is 2. The number of nitrogens with one attached hydrogen (secondary N) is 1. The molecule has 106 valence electrons. The van der Waals surface area contributed by atoms with Crippen LogP contribution < -0.4 is 5.32 Å². The minimum Gasteiger partial charge on any atom is -0.394 e.